The van der Waals surface area contributed by atoms with Crippen molar-refractivity contribution in [1.82, 2.24) is 15.2 Å². The number of piperidine rings is 1. The summed E-state index contributed by atoms with van der Waals surface area (Å²) in [5, 5.41) is 3.18. The first-order valence-electron chi connectivity index (χ1n) is 12.1. The lowest BCUT2D eigenvalue weighted by molar-refractivity contribution is -0.123. The number of rotatable bonds is 5. The molecule has 0 unspecified atom stereocenters. The molecule has 0 radical (unpaired) electrons. The van der Waals surface area contributed by atoms with Gasteiger partial charge in [0.05, 0.1) is 17.3 Å². The van der Waals surface area contributed by atoms with Crippen LogP contribution in [0.5, 0.6) is 0 Å². The van der Waals surface area contributed by atoms with Crippen molar-refractivity contribution < 1.29 is 14.0 Å². The van der Waals surface area contributed by atoms with E-state index in [4.69, 9.17) is 0 Å². The Morgan fingerprint density at radius 1 is 1.03 bits per heavy atom. The summed E-state index contributed by atoms with van der Waals surface area (Å²) in [5.74, 6) is -0.134. The van der Waals surface area contributed by atoms with Crippen LogP contribution in [-0.2, 0) is 4.79 Å². The fourth-order valence-electron chi connectivity index (χ4n) is 4.86. The van der Waals surface area contributed by atoms with Gasteiger partial charge in [-0.1, -0.05) is 18.2 Å². The summed E-state index contributed by atoms with van der Waals surface area (Å²) in [5.41, 5.74) is 4.05. The molecule has 2 saturated heterocycles. The van der Waals surface area contributed by atoms with Gasteiger partial charge < -0.3 is 10.2 Å². The van der Waals surface area contributed by atoms with E-state index in [9.17, 15) is 14.0 Å². The highest BCUT2D eigenvalue weighted by molar-refractivity contribution is 6.03. The van der Waals surface area contributed by atoms with Crippen molar-refractivity contribution in [3.63, 3.8) is 0 Å². The highest BCUT2D eigenvalue weighted by Crippen LogP contribution is 2.33. The average Bonchev–Trinajstić information content (AvgIpc) is 2.84. The Bertz CT molecular complexity index is 1220. The van der Waals surface area contributed by atoms with Gasteiger partial charge in [-0.2, -0.15) is 0 Å². The van der Waals surface area contributed by atoms with E-state index in [1.54, 1.807) is 28.1 Å². The summed E-state index contributed by atoms with van der Waals surface area (Å²) in [7, 11) is 0. The van der Waals surface area contributed by atoms with E-state index < -0.39 is 5.82 Å². The average molecular weight is 473 g/mol. The standard InChI is InChI=1S/C28H29FN4O2/c1-19-26(6-3-13-31-19)33(28(35)23-17-30-18-23)25-9-7-20(8-10-25)21-11-14-32(15-12-21)27(34)22-4-2-5-24(29)16-22/h2-10,13,16,21,23,30H,11-12,14-15,17-18H2,1H3. The second-order valence-corrected chi connectivity index (χ2v) is 9.31. The normalized spacial score (nSPS) is 16.6. The van der Waals surface area contributed by atoms with E-state index in [0.29, 0.717) is 37.7 Å². The first-order valence-corrected chi connectivity index (χ1v) is 12.1. The molecule has 1 aromatic heterocycles. The number of carbonyl (C=O) groups is 2. The third-order valence-corrected chi connectivity index (χ3v) is 7.05. The number of aromatic nitrogens is 1. The molecule has 3 aromatic rings. The fraction of sp³-hybridized carbons (Fsp3) is 0.321. The smallest absolute Gasteiger partial charge is 0.253 e. The Labute approximate surface area is 204 Å². The summed E-state index contributed by atoms with van der Waals surface area (Å²) < 4.78 is 13.5. The molecule has 1 N–H and O–H groups in total. The number of halogens is 1. The number of carbonyl (C=O) groups excluding carboxylic acids is 2. The highest BCUT2D eigenvalue weighted by atomic mass is 19.1. The Morgan fingerprint density at radius 3 is 2.40 bits per heavy atom. The molecule has 180 valence electrons. The van der Waals surface area contributed by atoms with Gasteiger partial charge in [0, 0.05) is 43.6 Å². The highest BCUT2D eigenvalue weighted by Gasteiger charge is 2.32. The number of aryl methyl sites for hydroxylation is 1. The van der Waals surface area contributed by atoms with Crippen molar-refractivity contribution in [2.24, 2.45) is 5.92 Å². The van der Waals surface area contributed by atoms with Gasteiger partial charge in [0.25, 0.3) is 5.91 Å². The van der Waals surface area contributed by atoms with E-state index in [1.165, 1.54) is 17.7 Å². The minimum absolute atomic E-state index is 0.0331. The lowest BCUT2D eigenvalue weighted by Gasteiger charge is -2.34. The summed E-state index contributed by atoms with van der Waals surface area (Å²) >= 11 is 0. The van der Waals surface area contributed by atoms with Crippen molar-refractivity contribution in [2.45, 2.75) is 25.7 Å². The van der Waals surface area contributed by atoms with Crippen LogP contribution in [0.1, 0.15) is 40.4 Å². The van der Waals surface area contributed by atoms with Crippen LogP contribution in [0.25, 0.3) is 0 Å². The first-order chi connectivity index (χ1) is 17.0. The number of nitrogens with one attached hydrogen (secondary N) is 1. The van der Waals surface area contributed by atoms with E-state index in [-0.39, 0.29) is 17.7 Å². The molecule has 2 aliphatic rings. The van der Waals surface area contributed by atoms with Crippen LogP contribution in [0.2, 0.25) is 0 Å². The topological polar surface area (TPSA) is 65.5 Å². The van der Waals surface area contributed by atoms with Crippen molar-refractivity contribution in [1.29, 1.82) is 0 Å². The Balaban J connectivity index is 1.29. The molecule has 2 aromatic carbocycles. The maximum absolute atomic E-state index is 13.5. The molecule has 0 aliphatic carbocycles. The third-order valence-electron chi connectivity index (χ3n) is 7.05. The third kappa shape index (κ3) is 4.82. The van der Waals surface area contributed by atoms with Crippen molar-refractivity contribution in [3.8, 4) is 0 Å². The van der Waals surface area contributed by atoms with Crippen LogP contribution >= 0.6 is 0 Å². The number of likely N-dealkylation sites (tertiary alicyclic amines) is 1. The second-order valence-electron chi connectivity index (χ2n) is 9.31. The quantitative estimate of drug-likeness (QED) is 0.597. The maximum atomic E-state index is 13.5. The Hall–Kier alpha value is -3.58. The fourth-order valence-corrected chi connectivity index (χ4v) is 4.86. The van der Waals surface area contributed by atoms with Crippen LogP contribution in [0.4, 0.5) is 15.8 Å². The van der Waals surface area contributed by atoms with Crippen LogP contribution in [0.3, 0.4) is 0 Å². The molecule has 7 heteroatoms. The van der Waals surface area contributed by atoms with Gasteiger partial charge in [-0.25, -0.2) is 4.39 Å². The second kappa shape index (κ2) is 9.96. The first kappa shape index (κ1) is 23.2. The van der Waals surface area contributed by atoms with Crippen LogP contribution in [0.15, 0.2) is 66.9 Å². The van der Waals surface area contributed by atoms with E-state index in [2.05, 4.69) is 22.4 Å². The largest absolute Gasteiger partial charge is 0.339 e. The van der Waals surface area contributed by atoms with Crippen molar-refractivity contribution >= 4 is 23.2 Å². The monoisotopic (exact) mass is 472 g/mol. The molecule has 0 atom stereocenters. The minimum atomic E-state index is -0.395. The summed E-state index contributed by atoms with van der Waals surface area (Å²) in [4.78, 5) is 34.0. The summed E-state index contributed by atoms with van der Waals surface area (Å²) in [6.45, 7) is 4.58. The van der Waals surface area contributed by atoms with E-state index in [1.807, 2.05) is 31.2 Å². The van der Waals surface area contributed by atoms with Gasteiger partial charge in [0.2, 0.25) is 5.91 Å². The molecule has 0 saturated carbocycles. The number of amides is 2. The zero-order chi connectivity index (χ0) is 24.4. The molecule has 2 amide bonds. The summed E-state index contributed by atoms with van der Waals surface area (Å²) in [6.07, 6.45) is 3.43. The van der Waals surface area contributed by atoms with Crippen LogP contribution < -0.4 is 10.2 Å². The number of nitrogens with zero attached hydrogens (tertiary/aromatic N) is 3. The number of hydrogen-bond donors (Lipinski definition) is 1. The molecule has 6 nitrogen and oxygen atoms in total. The minimum Gasteiger partial charge on any atom is -0.339 e. The Kier molecular flexibility index (Phi) is 6.59. The molecule has 5 rings (SSSR count). The number of pyridine rings is 1. The molecular formula is C28H29FN4O2. The lowest BCUT2D eigenvalue weighted by atomic mass is 9.89. The molecule has 0 spiro atoms. The van der Waals surface area contributed by atoms with Gasteiger partial charge in [-0.3, -0.25) is 19.5 Å². The van der Waals surface area contributed by atoms with E-state index in [0.717, 1.165) is 29.9 Å². The molecular weight excluding hydrogens is 443 g/mol. The lowest BCUT2D eigenvalue weighted by Crippen LogP contribution is -2.51. The predicted molar refractivity (Wildman–Crippen MR) is 133 cm³/mol. The zero-order valence-corrected chi connectivity index (χ0v) is 19.8. The van der Waals surface area contributed by atoms with Crippen LogP contribution in [-0.4, -0.2) is 47.9 Å². The predicted octanol–water partition coefficient (Wildman–Crippen LogP) is 4.43. The molecule has 35 heavy (non-hydrogen) atoms. The molecule has 2 fully saturated rings. The van der Waals surface area contributed by atoms with Gasteiger partial charge >= 0.3 is 0 Å². The number of benzene rings is 2. The molecule has 0 bridgehead atoms. The molecule has 3 heterocycles. The van der Waals surface area contributed by atoms with Gasteiger partial charge in [0.1, 0.15) is 5.82 Å². The van der Waals surface area contributed by atoms with Crippen molar-refractivity contribution in [3.05, 3.63) is 89.5 Å². The van der Waals surface area contributed by atoms with E-state index >= 15 is 0 Å². The zero-order valence-electron chi connectivity index (χ0n) is 19.8. The van der Waals surface area contributed by atoms with Crippen LogP contribution in [0, 0.1) is 18.7 Å². The van der Waals surface area contributed by atoms with Crippen molar-refractivity contribution in [2.75, 3.05) is 31.1 Å². The molecule has 2 aliphatic heterocycles. The Morgan fingerprint density at radius 2 is 1.77 bits per heavy atom. The number of anilines is 2. The maximum Gasteiger partial charge on any atom is 0.253 e. The van der Waals surface area contributed by atoms with Gasteiger partial charge in [-0.15, -0.1) is 0 Å². The number of hydrogen-bond acceptors (Lipinski definition) is 4. The van der Waals surface area contributed by atoms with Gasteiger partial charge in [0.15, 0.2) is 0 Å². The van der Waals surface area contributed by atoms with Gasteiger partial charge in [-0.05, 0) is 73.7 Å². The summed E-state index contributed by atoms with van der Waals surface area (Å²) in [6, 6.07) is 17.9. The SMILES string of the molecule is Cc1ncccc1N(C(=O)C1CNC1)c1ccc(C2CCN(C(=O)c3cccc(F)c3)CC2)cc1.